The van der Waals surface area contributed by atoms with Crippen molar-refractivity contribution in [1.29, 1.82) is 0 Å². The summed E-state index contributed by atoms with van der Waals surface area (Å²) >= 11 is 0. The van der Waals surface area contributed by atoms with Gasteiger partial charge >= 0.3 is 6.18 Å². The van der Waals surface area contributed by atoms with E-state index in [4.69, 9.17) is 14.2 Å². The predicted octanol–water partition coefficient (Wildman–Crippen LogP) is 7.53. The summed E-state index contributed by atoms with van der Waals surface area (Å²) in [6.07, 6.45) is -0.809. The highest BCUT2D eigenvalue weighted by atomic mass is 31.1. The number of methoxy groups -OCH3 is 2. The molecule has 5 nitrogen and oxygen atoms in total. The zero-order valence-electron chi connectivity index (χ0n) is 24.9. The Labute approximate surface area is 255 Å². The highest BCUT2D eigenvalue weighted by Gasteiger charge is 2.58. The molecule has 226 valence electrons. The Hall–Kier alpha value is -4.29. The fraction of sp³-hybridized carbons (Fsp3) is 0.229. The summed E-state index contributed by atoms with van der Waals surface area (Å²) in [7, 11) is 3.29. The van der Waals surface area contributed by atoms with Gasteiger partial charge in [-0.2, -0.15) is 13.2 Å². The van der Waals surface area contributed by atoms with Crippen LogP contribution in [0, 0.1) is 0 Å². The molecule has 2 aliphatic rings. The number of fused-ring (bicyclic) bond motifs is 2. The van der Waals surface area contributed by atoms with Gasteiger partial charge in [0.2, 0.25) is 11.2 Å². The van der Waals surface area contributed by atoms with Crippen LogP contribution in [0.5, 0.6) is 17.2 Å². The van der Waals surface area contributed by atoms with Crippen LogP contribution in [0.2, 0.25) is 0 Å². The number of hydrogen-bond donors (Lipinski definition) is 0. The van der Waals surface area contributed by atoms with Crippen LogP contribution in [-0.4, -0.2) is 32.5 Å². The van der Waals surface area contributed by atoms with Crippen molar-refractivity contribution in [3.05, 3.63) is 113 Å². The lowest BCUT2D eigenvalue weighted by Gasteiger charge is -2.46. The van der Waals surface area contributed by atoms with Gasteiger partial charge in [-0.25, -0.2) is 0 Å². The smallest absolute Gasteiger partial charge is 0.416 e. The Morgan fingerprint density at radius 2 is 1.50 bits per heavy atom. The third kappa shape index (κ3) is 4.46. The maximum absolute atomic E-state index is 14.6. The lowest BCUT2D eigenvalue weighted by Crippen LogP contribution is -2.58. The molecule has 4 aromatic rings. The first kappa shape index (κ1) is 29.8. The highest BCUT2D eigenvalue weighted by molar-refractivity contribution is 7.88. The minimum Gasteiger partial charge on any atom is -0.496 e. The summed E-state index contributed by atoms with van der Waals surface area (Å²) in [6, 6.07) is 24.7. The number of anilines is 1. The first-order valence-electron chi connectivity index (χ1n) is 14.0. The van der Waals surface area contributed by atoms with E-state index < -0.39 is 30.8 Å². The minimum absolute atomic E-state index is 0.145. The van der Waals surface area contributed by atoms with Gasteiger partial charge in [-0.1, -0.05) is 60.7 Å². The second kappa shape index (κ2) is 10.7. The molecule has 0 N–H and O–H groups in total. The number of rotatable bonds is 6. The summed E-state index contributed by atoms with van der Waals surface area (Å²) in [4.78, 5) is 16.4. The molecule has 4 aromatic carbocycles. The SMILES string of the molecule is COc1cc2c(c(OC)c1C(=O)P(c1ccccc1)c1ccccc1)C=CC1(O2)N(C)c2ccc(C(F)(F)F)cc2C1(C)C. The van der Waals surface area contributed by atoms with Crippen LogP contribution in [0.15, 0.2) is 91.0 Å². The Kier molecular flexibility index (Phi) is 7.24. The monoisotopic (exact) mass is 617 g/mol. The van der Waals surface area contributed by atoms with Crippen LogP contribution < -0.4 is 29.7 Å². The molecule has 0 saturated heterocycles. The molecule has 0 amide bonds. The standard InChI is InChI=1S/C35H31F3NO4P/c1-33(2)26-20-22(35(36,37)38)16-17-27(26)39(3)34(33)19-18-25-28(43-34)21-29(41-4)30(31(25)42-5)32(40)44(23-12-8-6-9-13-23)24-14-10-7-11-15-24/h6-21H,1-5H3. The number of carbonyl (C=O) groups excluding carboxylic acids is 1. The van der Waals surface area contributed by atoms with Crippen LogP contribution in [0.3, 0.4) is 0 Å². The third-order valence-corrected chi connectivity index (χ3v) is 10.9. The van der Waals surface area contributed by atoms with Crippen molar-refractivity contribution in [2.24, 2.45) is 0 Å². The maximum atomic E-state index is 14.6. The van der Waals surface area contributed by atoms with Gasteiger partial charge in [0.1, 0.15) is 22.8 Å². The van der Waals surface area contributed by atoms with E-state index in [2.05, 4.69) is 0 Å². The van der Waals surface area contributed by atoms with Crippen LogP contribution in [0.1, 0.15) is 40.9 Å². The van der Waals surface area contributed by atoms with E-state index in [1.807, 2.05) is 91.6 Å². The van der Waals surface area contributed by atoms with Crippen LogP contribution in [-0.2, 0) is 11.6 Å². The lowest BCUT2D eigenvalue weighted by molar-refractivity contribution is -0.137. The zero-order chi connectivity index (χ0) is 31.4. The molecule has 0 fully saturated rings. The van der Waals surface area contributed by atoms with Gasteiger partial charge in [-0.15, -0.1) is 0 Å². The molecule has 0 saturated carbocycles. The summed E-state index contributed by atoms with van der Waals surface area (Å²) in [5, 5.41) is 1.77. The average Bonchev–Trinajstić information content (AvgIpc) is 3.18. The molecule has 2 heterocycles. The Bertz CT molecular complexity index is 1730. The number of halogens is 3. The van der Waals surface area contributed by atoms with E-state index in [1.165, 1.54) is 26.4 Å². The Balaban J connectivity index is 1.48. The molecular formula is C35H31F3NO4P. The van der Waals surface area contributed by atoms with E-state index in [-0.39, 0.29) is 11.3 Å². The molecular weight excluding hydrogens is 586 g/mol. The summed E-state index contributed by atoms with van der Waals surface area (Å²) in [5.41, 5.74) is -0.903. The molecule has 1 unspecified atom stereocenters. The molecule has 6 rings (SSSR count). The van der Waals surface area contributed by atoms with Gasteiger partial charge in [-0.3, -0.25) is 4.79 Å². The Morgan fingerprint density at radius 3 is 2.05 bits per heavy atom. The predicted molar refractivity (Wildman–Crippen MR) is 168 cm³/mol. The number of hydrogen-bond acceptors (Lipinski definition) is 5. The van der Waals surface area contributed by atoms with Gasteiger partial charge in [-0.05, 0) is 60.4 Å². The zero-order valence-corrected chi connectivity index (χ0v) is 25.8. The van der Waals surface area contributed by atoms with Crippen LogP contribution in [0.4, 0.5) is 18.9 Å². The molecule has 0 aromatic heterocycles. The van der Waals surface area contributed by atoms with Gasteiger partial charge in [0.15, 0.2) is 0 Å². The number of ether oxygens (including phenoxy) is 3. The lowest BCUT2D eigenvalue weighted by atomic mass is 9.76. The normalized spacial score (nSPS) is 18.2. The van der Waals surface area contributed by atoms with Gasteiger partial charge in [0, 0.05) is 26.7 Å². The molecule has 44 heavy (non-hydrogen) atoms. The quantitative estimate of drug-likeness (QED) is 0.210. The van der Waals surface area contributed by atoms with Crippen molar-refractivity contribution < 1.29 is 32.2 Å². The molecule has 0 radical (unpaired) electrons. The first-order valence-corrected chi connectivity index (χ1v) is 15.4. The maximum Gasteiger partial charge on any atom is 0.416 e. The summed E-state index contributed by atoms with van der Waals surface area (Å²) in [5.74, 6) is 0.987. The van der Waals surface area contributed by atoms with Crippen LogP contribution >= 0.6 is 7.92 Å². The van der Waals surface area contributed by atoms with Gasteiger partial charge in [0.25, 0.3) is 0 Å². The largest absolute Gasteiger partial charge is 0.496 e. The highest BCUT2D eigenvalue weighted by Crippen LogP contribution is 2.57. The van der Waals surface area contributed by atoms with E-state index in [0.29, 0.717) is 33.9 Å². The fourth-order valence-corrected chi connectivity index (χ4v) is 8.45. The van der Waals surface area contributed by atoms with Gasteiger partial charge in [0.05, 0.1) is 30.8 Å². The minimum atomic E-state index is -4.47. The number of carbonyl (C=O) groups is 1. The van der Waals surface area contributed by atoms with E-state index in [9.17, 15) is 18.0 Å². The van der Waals surface area contributed by atoms with Crippen molar-refractivity contribution in [1.82, 2.24) is 0 Å². The number of nitrogens with zero attached hydrogens (tertiary/aromatic N) is 1. The summed E-state index contributed by atoms with van der Waals surface area (Å²) in [6.45, 7) is 3.73. The summed E-state index contributed by atoms with van der Waals surface area (Å²) < 4.78 is 59.5. The molecule has 2 aliphatic heterocycles. The molecule has 9 heteroatoms. The Morgan fingerprint density at radius 1 is 0.886 bits per heavy atom. The third-order valence-electron chi connectivity index (χ3n) is 8.61. The van der Waals surface area contributed by atoms with Crippen molar-refractivity contribution in [2.75, 3.05) is 26.2 Å². The second-order valence-corrected chi connectivity index (χ2v) is 13.4. The van der Waals surface area contributed by atoms with Gasteiger partial charge < -0.3 is 19.1 Å². The molecule has 0 bridgehead atoms. The van der Waals surface area contributed by atoms with Crippen molar-refractivity contribution in [2.45, 2.75) is 31.2 Å². The van der Waals surface area contributed by atoms with Crippen molar-refractivity contribution in [3.63, 3.8) is 0 Å². The first-order chi connectivity index (χ1) is 20.9. The number of likely N-dealkylation sites (N-methyl/N-ethyl adjacent to an activating group) is 1. The van der Waals surface area contributed by atoms with Crippen LogP contribution in [0.25, 0.3) is 6.08 Å². The van der Waals surface area contributed by atoms with E-state index >= 15 is 0 Å². The molecule has 1 spiro atoms. The molecule has 0 aliphatic carbocycles. The topological polar surface area (TPSA) is 48.0 Å². The number of alkyl halides is 3. The van der Waals surface area contributed by atoms with E-state index in [0.717, 1.165) is 16.7 Å². The fourth-order valence-electron chi connectivity index (χ4n) is 6.31. The van der Waals surface area contributed by atoms with Crippen molar-refractivity contribution in [3.8, 4) is 17.2 Å². The van der Waals surface area contributed by atoms with E-state index in [1.54, 1.807) is 13.1 Å². The molecule has 1 atom stereocenters. The second-order valence-electron chi connectivity index (χ2n) is 11.3. The van der Waals surface area contributed by atoms with Crippen molar-refractivity contribution >= 4 is 35.8 Å². The number of benzene rings is 4. The average molecular weight is 618 g/mol.